The number of para-hydroxylation sites is 1. The van der Waals surface area contributed by atoms with E-state index in [9.17, 15) is 9.90 Å². The number of halogens is 1. The summed E-state index contributed by atoms with van der Waals surface area (Å²) in [5.74, 6) is 0.876. The topological polar surface area (TPSA) is 88.4 Å². The fourth-order valence-electron chi connectivity index (χ4n) is 3.48. The van der Waals surface area contributed by atoms with Gasteiger partial charge in [-0.25, -0.2) is 0 Å². The first-order valence-electron chi connectivity index (χ1n) is 12.0. The maximum absolute atomic E-state index is 12.5. The Morgan fingerprint density at radius 1 is 1.22 bits per heavy atom. The van der Waals surface area contributed by atoms with E-state index in [1.807, 2.05) is 55.3 Å². The quantitative estimate of drug-likeness (QED) is 0.135. The molecule has 189 valence electrons. The molecule has 0 aromatic heterocycles. The van der Waals surface area contributed by atoms with Crippen molar-refractivity contribution < 1.29 is 36.0 Å². The number of nitrogens with one attached hydrogen (secondary N) is 2. The molecule has 8 heteroatoms. The normalized spacial score (nSPS) is 12.6. The van der Waals surface area contributed by atoms with Crippen molar-refractivity contribution >= 4 is 27.4 Å². The van der Waals surface area contributed by atoms with Gasteiger partial charge in [-0.3, -0.25) is 0 Å². The fourth-order valence-corrected chi connectivity index (χ4v) is 4.74. The van der Waals surface area contributed by atoms with Crippen LogP contribution in [-0.4, -0.2) is 36.1 Å². The number of unbranched alkanes of at least 4 members (excludes halogenated alkanes) is 1. The third-order valence-corrected chi connectivity index (χ3v) is 9.29. The Kier molecular flexibility index (Phi) is 12.7. The molecule has 1 unspecified atom stereocenters. The van der Waals surface area contributed by atoms with Crippen LogP contribution >= 0.6 is 15.9 Å². The standard InChI is InChI=1S/C29H32BrN4O2.Hg/c1-5-26(30)22(3)34(4)28(19-21(2)25-13-6-7-14-27(25)35)32-17-8-9-18-33-29(36)24-12-10-11-23(20-24)15-16-31;/h5-7,10-15,19-20,32,35H,1-2,8-9,17-18H2,3-4H3,(H,33,36);/b26-22+,28-19-;. The number of hydrogen-bond donors (Lipinski definition) is 3. The molecule has 1 atom stereocenters. The second-order valence-electron chi connectivity index (χ2n) is 8.47. The van der Waals surface area contributed by atoms with Gasteiger partial charge in [0.05, 0.1) is 0 Å². The summed E-state index contributed by atoms with van der Waals surface area (Å²) in [5, 5.41) is 25.8. The molecule has 2 aromatic carbocycles. The van der Waals surface area contributed by atoms with Gasteiger partial charge in [0.15, 0.2) is 0 Å². The fraction of sp³-hybridized carbons (Fsp3) is 0.241. The first-order chi connectivity index (χ1) is 17.7. The van der Waals surface area contributed by atoms with E-state index < -0.39 is 0 Å². The summed E-state index contributed by atoms with van der Waals surface area (Å²) in [7, 11) is 1.95. The van der Waals surface area contributed by atoms with Crippen molar-refractivity contribution in [1.29, 1.82) is 5.26 Å². The molecule has 2 aromatic rings. The number of hydrogen-bond acceptors (Lipinski definition) is 5. The number of allylic oxidation sites excluding steroid dienone is 5. The molecule has 0 saturated heterocycles. The van der Waals surface area contributed by atoms with Gasteiger partial charge in [0.1, 0.15) is 5.75 Å². The third-order valence-electron chi connectivity index (χ3n) is 5.85. The average Bonchev–Trinajstić information content (AvgIpc) is 2.92. The molecule has 0 heterocycles. The van der Waals surface area contributed by atoms with Crippen LogP contribution in [0.1, 0.15) is 44.7 Å². The predicted octanol–water partition coefficient (Wildman–Crippen LogP) is 5.90. The number of phenolic OH excluding ortho intramolecular Hbond substituents is 1. The maximum atomic E-state index is 12.5. The molecular weight excluding hydrogens is 717 g/mol. The van der Waals surface area contributed by atoms with Crippen LogP contribution in [0.4, 0.5) is 0 Å². The number of rotatable bonds is 13. The first kappa shape index (κ1) is 30.4. The average molecular weight is 749 g/mol. The van der Waals surface area contributed by atoms with Crippen LogP contribution in [0, 0.1) is 11.3 Å². The molecule has 0 spiro atoms. The molecule has 3 N–H and O–H groups in total. The van der Waals surface area contributed by atoms with Crippen molar-refractivity contribution in [3.05, 3.63) is 107 Å². The molecule has 0 fully saturated rings. The summed E-state index contributed by atoms with van der Waals surface area (Å²) >= 11 is 3.82. The molecule has 0 aliphatic carbocycles. The van der Waals surface area contributed by atoms with Crippen LogP contribution in [0.15, 0.2) is 89.8 Å². The number of aromatic hydroxyl groups is 1. The van der Waals surface area contributed by atoms with E-state index in [2.05, 4.69) is 45.8 Å². The van der Waals surface area contributed by atoms with E-state index in [0.29, 0.717) is 29.8 Å². The number of amides is 1. The van der Waals surface area contributed by atoms with Crippen LogP contribution in [0.5, 0.6) is 5.75 Å². The Morgan fingerprint density at radius 2 is 1.89 bits per heavy atom. The van der Waals surface area contributed by atoms with Crippen molar-refractivity contribution in [3.63, 3.8) is 0 Å². The van der Waals surface area contributed by atoms with Crippen LogP contribution < -0.4 is 10.6 Å². The van der Waals surface area contributed by atoms with E-state index in [0.717, 1.165) is 34.4 Å². The van der Waals surface area contributed by atoms with Crippen molar-refractivity contribution in [2.75, 3.05) is 20.1 Å². The summed E-state index contributed by atoms with van der Waals surface area (Å²) in [6.07, 6.45) is 5.27. The molecule has 6 nitrogen and oxygen atoms in total. The third kappa shape index (κ3) is 9.21. The van der Waals surface area contributed by atoms with E-state index in [-0.39, 0.29) is 41.2 Å². The van der Waals surface area contributed by atoms with Gasteiger partial charge in [0, 0.05) is 22.8 Å². The Labute approximate surface area is 244 Å². The first-order valence-corrected chi connectivity index (χ1v) is 15.9. The van der Waals surface area contributed by atoms with Crippen LogP contribution in [0.3, 0.4) is 0 Å². The molecular formula is C29H32BrHgN4O2. The minimum absolute atomic E-state index is 0.0632. The van der Waals surface area contributed by atoms with Gasteiger partial charge >= 0.3 is 129 Å². The molecule has 0 bridgehead atoms. The van der Waals surface area contributed by atoms with Crippen molar-refractivity contribution in [3.8, 4) is 11.8 Å². The second kappa shape index (κ2) is 15.4. The van der Waals surface area contributed by atoms with Gasteiger partial charge in [-0.1, -0.05) is 37.4 Å². The van der Waals surface area contributed by atoms with Gasteiger partial charge in [-0.05, 0) is 40.6 Å². The van der Waals surface area contributed by atoms with Crippen LogP contribution in [0.2, 0.25) is 0 Å². The molecule has 0 radical (unpaired) electrons. The van der Waals surface area contributed by atoms with Crippen molar-refractivity contribution in [1.82, 2.24) is 15.5 Å². The Bertz CT molecular complexity index is 1230. The number of carbonyl (C=O) groups is 1. The number of phenols is 1. The van der Waals surface area contributed by atoms with Gasteiger partial charge in [0.25, 0.3) is 0 Å². The van der Waals surface area contributed by atoms with Gasteiger partial charge in [-0.2, -0.15) is 0 Å². The summed E-state index contributed by atoms with van der Waals surface area (Å²) in [5.41, 5.74) is 3.82. The molecule has 0 saturated carbocycles. The number of nitrogens with zero attached hydrogens (tertiary/aromatic N) is 2. The summed E-state index contributed by atoms with van der Waals surface area (Å²) in [6, 6.07) is 16.7. The summed E-state index contributed by atoms with van der Waals surface area (Å²) in [6.45, 7) is 11.2. The van der Waals surface area contributed by atoms with E-state index in [1.165, 1.54) is 0 Å². The molecule has 37 heavy (non-hydrogen) atoms. The van der Waals surface area contributed by atoms with E-state index in [4.69, 9.17) is 5.26 Å². The minimum atomic E-state index is -0.123. The van der Waals surface area contributed by atoms with Gasteiger partial charge in [0.2, 0.25) is 0 Å². The van der Waals surface area contributed by atoms with Crippen molar-refractivity contribution in [2.45, 2.75) is 23.2 Å². The monoisotopic (exact) mass is 749 g/mol. The summed E-state index contributed by atoms with van der Waals surface area (Å²) < 4.78 is 0.807. The van der Waals surface area contributed by atoms with Crippen LogP contribution in [-0.2, 0) is 26.1 Å². The van der Waals surface area contributed by atoms with E-state index >= 15 is 0 Å². The SMILES string of the molecule is C=C/C(Br)=C(/C)N(C)/C(=C\C(=C)c1ccccc1O)NCCCCNC(=O)c1cccc([CH]([Hg])C#N)c1. The van der Waals surface area contributed by atoms with Gasteiger partial charge < -0.3 is 10.0 Å². The Balaban J connectivity index is 1.98. The van der Waals surface area contributed by atoms with Crippen LogP contribution in [0.25, 0.3) is 5.57 Å². The molecule has 2 rings (SSSR count). The molecule has 0 aliphatic rings. The number of nitriles is 1. The zero-order chi connectivity index (χ0) is 27.4. The predicted molar refractivity (Wildman–Crippen MR) is 149 cm³/mol. The second-order valence-corrected chi connectivity index (χ2v) is 12.5. The Hall–Kier alpha value is -2.82. The number of benzene rings is 2. The van der Waals surface area contributed by atoms with Crippen molar-refractivity contribution in [2.24, 2.45) is 0 Å². The van der Waals surface area contributed by atoms with Gasteiger partial charge in [-0.15, -0.1) is 0 Å². The zero-order valence-corrected chi connectivity index (χ0v) is 28.5. The molecule has 0 aliphatic heterocycles. The summed E-state index contributed by atoms with van der Waals surface area (Å²) in [4.78, 5) is 14.5. The molecule has 1 amide bonds. The number of carbonyl (C=O) groups excluding carboxylic acids is 1. The van der Waals surface area contributed by atoms with E-state index in [1.54, 1.807) is 24.3 Å². The zero-order valence-electron chi connectivity index (χ0n) is 21.4. The Morgan fingerprint density at radius 3 is 2.54 bits per heavy atom.